The van der Waals surface area contributed by atoms with Crippen molar-refractivity contribution in [1.82, 2.24) is 15.6 Å². The van der Waals surface area contributed by atoms with E-state index in [1.54, 1.807) is 12.4 Å². The van der Waals surface area contributed by atoms with Crippen LogP contribution < -0.4 is 10.6 Å². The van der Waals surface area contributed by atoms with E-state index >= 15 is 0 Å². The maximum absolute atomic E-state index is 13.4. The molecular weight excluding hydrogens is 388 g/mol. The molecule has 0 radical (unpaired) electrons. The second kappa shape index (κ2) is 10.7. The summed E-state index contributed by atoms with van der Waals surface area (Å²) in [6.07, 6.45) is 3.68. The van der Waals surface area contributed by atoms with Crippen molar-refractivity contribution in [3.8, 4) is 6.07 Å². The molecule has 0 saturated heterocycles. The van der Waals surface area contributed by atoms with Crippen LogP contribution in [0.5, 0.6) is 0 Å². The number of hydrogen-bond donors (Lipinski definition) is 2. The number of benzene rings is 2. The predicted octanol–water partition coefficient (Wildman–Crippen LogP) is 2.89. The minimum Gasteiger partial charge on any atom is -0.343 e. The Hall–Kier alpha value is -3.98. The van der Waals surface area contributed by atoms with Gasteiger partial charge in [0.1, 0.15) is 12.6 Å². The number of amides is 2. The van der Waals surface area contributed by atoms with Crippen molar-refractivity contribution in [1.29, 1.82) is 5.26 Å². The molecule has 1 atom stereocenters. The molecule has 3 aromatic rings. The van der Waals surface area contributed by atoms with Crippen LogP contribution in [-0.4, -0.2) is 29.4 Å². The molecule has 1 heterocycles. The molecule has 0 aliphatic rings. The van der Waals surface area contributed by atoms with Gasteiger partial charge in [-0.25, -0.2) is 0 Å². The fraction of sp³-hybridized carbons (Fsp3) is 0.200. The SMILES string of the molecule is Cc1cncc(C[C@@H](NC(=O)C(c2ccccc2)c2ccccc2)C(=O)NCC#N)c1. The number of hydrogen-bond acceptors (Lipinski definition) is 4. The summed E-state index contributed by atoms with van der Waals surface area (Å²) < 4.78 is 0. The maximum Gasteiger partial charge on any atom is 0.243 e. The normalized spacial score (nSPS) is 11.4. The van der Waals surface area contributed by atoms with Gasteiger partial charge in [-0.2, -0.15) is 5.26 Å². The number of nitriles is 1. The number of aryl methyl sites for hydroxylation is 1. The molecule has 2 N–H and O–H groups in total. The third-order valence-electron chi connectivity index (χ3n) is 4.87. The summed E-state index contributed by atoms with van der Waals surface area (Å²) in [5, 5.41) is 14.3. The molecule has 3 rings (SSSR count). The van der Waals surface area contributed by atoms with Crippen molar-refractivity contribution in [3.05, 3.63) is 101 Å². The van der Waals surface area contributed by atoms with Gasteiger partial charge in [0, 0.05) is 18.8 Å². The third kappa shape index (κ3) is 6.00. The minimum absolute atomic E-state index is 0.127. The lowest BCUT2D eigenvalue weighted by molar-refractivity contribution is -0.129. The van der Waals surface area contributed by atoms with E-state index in [-0.39, 0.29) is 18.9 Å². The van der Waals surface area contributed by atoms with Gasteiger partial charge >= 0.3 is 0 Å². The molecule has 0 saturated carbocycles. The van der Waals surface area contributed by atoms with E-state index in [1.807, 2.05) is 79.7 Å². The van der Waals surface area contributed by atoms with E-state index < -0.39 is 17.9 Å². The lowest BCUT2D eigenvalue weighted by Crippen LogP contribution is -2.49. The summed E-state index contributed by atoms with van der Waals surface area (Å²) in [7, 11) is 0. The zero-order valence-electron chi connectivity index (χ0n) is 17.3. The number of nitrogens with one attached hydrogen (secondary N) is 2. The highest BCUT2D eigenvalue weighted by Crippen LogP contribution is 2.25. The van der Waals surface area contributed by atoms with Crippen LogP contribution in [0.15, 0.2) is 79.1 Å². The van der Waals surface area contributed by atoms with E-state index in [9.17, 15) is 9.59 Å². The number of aromatic nitrogens is 1. The zero-order valence-corrected chi connectivity index (χ0v) is 17.3. The molecule has 0 unspecified atom stereocenters. The molecule has 2 aromatic carbocycles. The fourth-order valence-electron chi connectivity index (χ4n) is 3.47. The molecule has 2 amide bonds. The van der Waals surface area contributed by atoms with Crippen molar-refractivity contribution in [2.75, 3.05) is 6.54 Å². The second-order valence-electron chi connectivity index (χ2n) is 7.27. The third-order valence-corrected chi connectivity index (χ3v) is 4.87. The first kappa shape index (κ1) is 21.7. The van der Waals surface area contributed by atoms with Gasteiger partial charge in [0.15, 0.2) is 0 Å². The summed E-state index contributed by atoms with van der Waals surface area (Å²) >= 11 is 0. The van der Waals surface area contributed by atoms with E-state index in [1.165, 1.54) is 0 Å². The van der Waals surface area contributed by atoms with Crippen LogP contribution in [0.3, 0.4) is 0 Å². The Morgan fingerprint density at radius 3 is 2.13 bits per heavy atom. The molecular formula is C25H24N4O2. The first-order chi connectivity index (χ1) is 15.1. The zero-order chi connectivity index (χ0) is 22.1. The van der Waals surface area contributed by atoms with Crippen molar-refractivity contribution in [2.24, 2.45) is 0 Å². The van der Waals surface area contributed by atoms with Crippen LogP contribution in [-0.2, 0) is 16.0 Å². The number of rotatable bonds is 8. The van der Waals surface area contributed by atoms with Crippen molar-refractivity contribution in [3.63, 3.8) is 0 Å². The monoisotopic (exact) mass is 412 g/mol. The second-order valence-corrected chi connectivity index (χ2v) is 7.27. The molecule has 0 aliphatic carbocycles. The van der Waals surface area contributed by atoms with Crippen LogP contribution in [0.4, 0.5) is 0 Å². The quantitative estimate of drug-likeness (QED) is 0.556. The summed E-state index contributed by atoms with van der Waals surface area (Å²) in [5.41, 5.74) is 3.46. The van der Waals surface area contributed by atoms with Gasteiger partial charge in [-0.05, 0) is 29.2 Å². The van der Waals surface area contributed by atoms with Crippen molar-refractivity contribution >= 4 is 11.8 Å². The van der Waals surface area contributed by atoms with Crippen LogP contribution in [0, 0.1) is 18.3 Å². The van der Waals surface area contributed by atoms with Gasteiger partial charge in [-0.15, -0.1) is 0 Å². The molecule has 0 fully saturated rings. The highest BCUT2D eigenvalue weighted by Gasteiger charge is 2.28. The Morgan fingerprint density at radius 1 is 0.968 bits per heavy atom. The molecule has 0 spiro atoms. The molecule has 156 valence electrons. The Balaban J connectivity index is 1.89. The Kier molecular flexibility index (Phi) is 7.50. The smallest absolute Gasteiger partial charge is 0.243 e. The minimum atomic E-state index is -0.834. The van der Waals surface area contributed by atoms with Gasteiger partial charge in [-0.1, -0.05) is 66.7 Å². The van der Waals surface area contributed by atoms with Crippen molar-refractivity contribution < 1.29 is 9.59 Å². The van der Waals surface area contributed by atoms with Crippen molar-refractivity contribution in [2.45, 2.75) is 25.3 Å². The standard InChI is InChI=1S/C25H24N4O2/c1-18-14-19(17-27-16-18)15-22(24(30)28-13-12-26)29-25(31)23(20-8-4-2-5-9-20)21-10-6-3-7-11-21/h2-11,14,16-17,22-23H,13,15H2,1H3,(H,28,30)(H,29,31)/t22-/m1/s1. The van der Waals surface area contributed by atoms with Gasteiger partial charge in [0.25, 0.3) is 0 Å². The summed E-state index contributed by atoms with van der Waals surface area (Å²) in [6.45, 7) is 1.79. The topological polar surface area (TPSA) is 94.9 Å². The molecule has 31 heavy (non-hydrogen) atoms. The maximum atomic E-state index is 13.4. The predicted molar refractivity (Wildman–Crippen MR) is 118 cm³/mol. The number of nitrogens with zero attached hydrogens (tertiary/aromatic N) is 2. The van der Waals surface area contributed by atoms with Crippen LogP contribution in [0.1, 0.15) is 28.2 Å². The number of carbonyl (C=O) groups is 2. The van der Waals surface area contributed by atoms with Gasteiger partial charge in [0.2, 0.25) is 11.8 Å². The van der Waals surface area contributed by atoms with Crippen LogP contribution >= 0.6 is 0 Å². The average Bonchev–Trinajstić information content (AvgIpc) is 2.78. The van der Waals surface area contributed by atoms with E-state index in [0.29, 0.717) is 0 Å². The Bertz CT molecular complexity index is 1020. The molecule has 6 nitrogen and oxygen atoms in total. The average molecular weight is 412 g/mol. The summed E-state index contributed by atoms with van der Waals surface area (Å²) in [6, 6.07) is 21.9. The molecule has 0 bridgehead atoms. The van der Waals surface area contributed by atoms with E-state index in [2.05, 4.69) is 15.6 Å². The first-order valence-corrected chi connectivity index (χ1v) is 10.0. The van der Waals surface area contributed by atoms with Gasteiger partial charge in [-0.3, -0.25) is 14.6 Å². The highest BCUT2D eigenvalue weighted by molar-refractivity contribution is 5.92. The summed E-state index contributed by atoms with van der Waals surface area (Å²) in [5.74, 6) is -1.25. The Morgan fingerprint density at radius 2 is 1.58 bits per heavy atom. The number of pyridine rings is 1. The summed E-state index contributed by atoms with van der Waals surface area (Å²) in [4.78, 5) is 30.3. The largest absolute Gasteiger partial charge is 0.343 e. The van der Waals surface area contributed by atoms with Gasteiger partial charge in [0.05, 0.1) is 12.0 Å². The molecule has 1 aromatic heterocycles. The van der Waals surface area contributed by atoms with E-state index in [4.69, 9.17) is 5.26 Å². The lowest BCUT2D eigenvalue weighted by Gasteiger charge is -2.23. The van der Waals surface area contributed by atoms with E-state index in [0.717, 1.165) is 22.3 Å². The number of carbonyl (C=O) groups excluding carboxylic acids is 2. The molecule has 0 aliphatic heterocycles. The first-order valence-electron chi connectivity index (χ1n) is 10.0. The lowest BCUT2D eigenvalue weighted by atomic mass is 9.90. The highest BCUT2D eigenvalue weighted by atomic mass is 16.2. The van der Waals surface area contributed by atoms with Crippen LogP contribution in [0.2, 0.25) is 0 Å². The van der Waals surface area contributed by atoms with Gasteiger partial charge < -0.3 is 10.6 Å². The Labute approximate surface area is 182 Å². The van der Waals surface area contributed by atoms with Crippen LogP contribution in [0.25, 0.3) is 0 Å². The molecule has 6 heteroatoms. The fourth-order valence-corrected chi connectivity index (χ4v) is 3.47.